The first kappa shape index (κ1) is 48.3. The van der Waals surface area contributed by atoms with Crippen LogP contribution in [0.4, 0.5) is 11.4 Å². The fourth-order valence-electron chi connectivity index (χ4n) is 13.5. The molecule has 0 radical (unpaired) electrons. The van der Waals surface area contributed by atoms with Gasteiger partial charge in [0.05, 0.1) is 46.8 Å². The summed E-state index contributed by atoms with van der Waals surface area (Å²) >= 11 is 0. The van der Waals surface area contributed by atoms with Gasteiger partial charge in [-0.25, -0.2) is 0 Å². The first-order valence-electron chi connectivity index (χ1n) is 26.9. The third-order valence-corrected chi connectivity index (χ3v) is 16.2. The van der Waals surface area contributed by atoms with Gasteiger partial charge in [0.25, 0.3) is 0 Å². The minimum atomic E-state index is -0.978. The Hall–Kier alpha value is -5.96. The Bertz CT molecular complexity index is 2870. The number of ether oxygens (including phenoxy) is 6. The molecule has 8 heteroatoms. The molecule has 2 aliphatic carbocycles. The highest BCUT2D eigenvalue weighted by Gasteiger charge is 2.56. The maximum atomic E-state index is 8.12. The lowest BCUT2D eigenvalue weighted by molar-refractivity contribution is 0.0641. The quantitative estimate of drug-likeness (QED) is 0.100. The van der Waals surface area contributed by atoms with Gasteiger partial charge in [-0.05, 0) is 143 Å². The SMILES string of the molecule is CCCCOc1ccc(C2(c3ccc(OCCCC)cc3)C=Cc3c4c(c5cc(N6CCOCC6)c(-c6ccc(N7CCOCC7)cc6)cc5c3O2)-c2ccc(OC)cc2C42CC(C)(C)CC(C)(C)C2)cc1. The molecule has 8 nitrogen and oxygen atoms in total. The molecule has 72 heavy (non-hydrogen) atoms. The van der Waals surface area contributed by atoms with Gasteiger partial charge in [0.2, 0.25) is 0 Å². The van der Waals surface area contributed by atoms with E-state index >= 15 is 0 Å². The molecule has 1 spiro atoms. The summed E-state index contributed by atoms with van der Waals surface area (Å²) in [5, 5.41) is 2.32. The monoisotopic (exact) mass is 967 g/mol. The Morgan fingerprint density at radius 3 is 1.72 bits per heavy atom. The fraction of sp³-hybridized carbons (Fsp3) is 0.438. The van der Waals surface area contributed by atoms with Gasteiger partial charge in [-0.15, -0.1) is 0 Å². The summed E-state index contributed by atoms with van der Waals surface area (Å²) in [5.41, 5.74) is 12.3. The summed E-state index contributed by atoms with van der Waals surface area (Å²) in [6.07, 6.45) is 12.1. The number of fused-ring (bicyclic) bond motifs is 10. The number of hydrogen-bond donors (Lipinski definition) is 0. The molecule has 0 amide bonds. The van der Waals surface area contributed by atoms with Crippen molar-refractivity contribution >= 4 is 28.2 Å². The van der Waals surface area contributed by atoms with E-state index < -0.39 is 5.60 Å². The van der Waals surface area contributed by atoms with Crippen LogP contribution in [0.5, 0.6) is 23.0 Å². The molecule has 5 aliphatic rings. The molecule has 0 N–H and O–H groups in total. The number of methoxy groups -OCH3 is 1. The number of benzene rings is 6. The van der Waals surface area contributed by atoms with Crippen molar-refractivity contribution in [3.05, 3.63) is 137 Å². The number of unbranched alkanes of at least 4 members (excludes halogenated alkanes) is 2. The van der Waals surface area contributed by atoms with Crippen LogP contribution in [0, 0.1) is 10.8 Å². The van der Waals surface area contributed by atoms with E-state index in [1.807, 2.05) is 0 Å². The van der Waals surface area contributed by atoms with E-state index in [1.165, 1.54) is 55.7 Å². The van der Waals surface area contributed by atoms with Gasteiger partial charge in [-0.2, -0.15) is 0 Å². The Balaban J connectivity index is 1.19. The second kappa shape index (κ2) is 19.5. The van der Waals surface area contributed by atoms with Crippen molar-refractivity contribution in [3.63, 3.8) is 0 Å². The maximum Gasteiger partial charge on any atom is 0.178 e. The topological polar surface area (TPSA) is 61.9 Å². The zero-order valence-electron chi connectivity index (χ0n) is 43.8. The summed E-state index contributed by atoms with van der Waals surface area (Å²) in [6.45, 7) is 22.0. The summed E-state index contributed by atoms with van der Waals surface area (Å²) < 4.78 is 38.5. The number of rotatable bonds is 14. The Morgan fingerprint density at radius 1 is 0.583 bits per heavy atom. The van der Waals surface area contributed by atoms with Crippen LogP contribution in [0.15, 0.2) is 109 Å². The van der Waals surface area contributed by atoms with Gasteiger partial charge in [0, 0.05) is 70.6 Å². The van der Waals surface area contributed by atoms with Crippen molar-refractivity contribution in [2.75, 3.05) is 82.7 Å². The average Bonchev–Trinajstić information content (AvgIpc) is 3.65. The molecule has 3 fully saturated rings. The molecule has 0 atom stereocenters. The number of anilines is 2. The molecular weight excluding hydrogens is 893 g/mol. The molecule has 6 aromatic carbocycles. The largest absolute Gasteiger partial charge is 0.497 e. The van der Waals surface area contributed by atoms with E-state index in [0.717, 1.165) is 124 Å². The second-order valence-corrected chi connectivity index (χ2v) is 22.6. The van der Waals surface area contributed by atoms with Crippen LogP contribution in [0.1, 0.15) is 114 Å². The van der Waals surface area contributed by atoms with Crippen LogP contribution >= 0.6 is 0 Å². The molecule has 1 saturated carbocycles. The van der Waals surface area contributed by atoms with Gasteiger partial charge >= 0.3 is 0 Å². The van der Waals surface area contributed by atoms with Gasteiger partial charge < -0.3 is 38.2 Å². The van der Waals surface area contributed by atoms with Gasteiger partial charge in [0.15, 0.2) is 5.60 Å². The van der Waals surface area contributed by atoms with Crippen LogP contribution in [0.2, 0.25) is 0 Å². The second-order valence-electron chi connectivity index (χ2n) is 22.6. The molecule has 0 unspecified atom stereocenters. The smallest absolute Gasteiger partial charge is 0.178 e. The van der Waals surface area contributed by atoms with Crippen molar-refractivity contribution in [3.8, 4) is 45.3 Å². The molecule has 6 aromatic rings. The molecule has 11 rings (SSSR count). The molecule has 0 bridgehead atoms. The van der Waals surface area contributed by atoms with E-state index in [9.17, 15) is 0 Å². The van der Waals surface area contributed by atoms with E-state index in [1.54, 1.807) is 7.11 Å². The van der Waals surface area contributed by atoms with E-state index in [0.29, 0.717) is 26.4 Å². The molecule has 376 valence electrons. The molecule has 3 aliphatic heterocycles. The average molecular weight is 967 g/mol. The first-order chi connectivity index (χ1) is 34.9. The normalized spacial score (nSPS) is 19.1. The van der Waals surface area contributed by atoms with Crippen molar-refractivity contribution < 1.29 is 28.4 Å². The van der Waals surface area contributed by atoms with Gasteiger partial charge in [0.1, 0.15) is 23.0 Å². The Labute approximate surface area is 428 Å². The van der Waals surface area contributed by atoms with Crippen LogP contribution in [-0.2, 0) is 20.5 Å². The van der Waals surface area contributed by atoms with Crippen LogP contribution in [0.25, 0.3) is 39.1 Å². The molecule has 3 heterocycles. The summed E-state index contributed by atoms with van der Waals surface area (Å²) in [4.78, 5) is 4.98. The van der Waals surface area contributed by atoms with Crippen LogP contribution in [-0.4, -0.2) is 72.9 Å². The summed E-state index contributed by atoms with van der Waals surface area (Å²) in [7, 11) is 1.80. The maximum absolute atomic E-state index is 8.12. The first-order valence-corrected chi connectivity index (χ1v) is 26.9. The Morgan fingerprint density at radius 2 is 1.15 bits per heavy atom. The van der Waals surface area contributed by atoms with Crippen LogP contribution < -0.4 is 28.7 Å². The highest BCUT2D eigenvalue weighted by molar-refractivity contribution is 6.12. The lowest BCUT2D eigenvalue weighted by Crippen LogP contribution is -2.44. The van der Waals surface area contributed by atoms with Crippen molar-refractivity contribution in [2.24, 2.45) is 10.8 Å². The highest BCUT2D eigenvalue weighted by Crippen LogP contribution is 2.67. The highest BCUT2D eigenvalue weighted by atomic mass is 16.5. The number of hydrogen-bond acceptors (Lipinski definition) is 8. The van der Waals surface area contributed by atoms with Crippen molar-refractivity contribution in [1.82, 2.24) is 0 Å². The Kier molecular flexibility index (Phi) is 13.1. The lowest BCUT2D eigenvalue weighted by Gasteiger charge is -2.52. The van der Waals surface area contributed by atoms with Gasteiger partial charge in [-0.3, -0.25) is 0 Å². The predicted octanol–water partition coefficient (Wildman–Crippen LogP) is 14.4. The van der Waals surface area contributed by atoms with Crippen molar-refractivity contribution in [2.45, 2.75) is 97.5 Å². The molecular formula is C64H74N2O6. The van der Waals surface area contributed by atoms with Gasteiger partial charge in [-0.1, -0.05) is 103 Å². The zero-order chi connectivity index (χ0) is 49.7. The number of nitrogens with zero attached hydrogens (tertiary/aromatic N) is 2. The van der Waals surface area contributed by atoms with Crippen molar-refractivity contribution in [1.29, 1.82) is 0 Å². The number of morpholine rings is 2. The molecule has 2 saturated heterocycles. The predicted molar refractivity (Wildman–Crippen MR) is 294 cm³/mol. The van der Waals surface area contributed by atoms with E-state index in [2.05, 4.69) is 167 Å². The molecule has 0 aromatic heterocycles. The summed E-state index contributed by atoms with van der Waals surface area (Å²) in [6, 6.07) is 38.3. The summed E-state index contributed by atoms with van der Waals surface area (Å²) in [5.74, 6) is 3.54. The lowest BCUT2D eigenvalue weighted by atomic mass is 9.52. The van der Waals surface area contributed by atoms with E-state index in [-0.39, 0.29) is 16.2 Å². The third-order valence-electron chi connectivity index (χ3n) is 16.2. The van der Waals surface area contributed by atoms with Crippen LogP contribution in [0.3, 0.4) is 0 Å². The zero-order valence-corrected chi connectivity index (χ0v) is 43.8. The standard InChI is InChI=1S/C64H74N2O6/c1-8-10-32-70-48-20-14-45(15-21-48)64(46-16-22-49(23-17-46)71-33-11-9-2)27-26-52-59-58(51-25-24-50(67-7)38-56(51)63(59)42-61(3,4)41-62(5,6)43-63)54-40-57(66-30-36-69-37-31-66)53(39-55(54)60(52)72-64)44-12-18-47(19-13-44)65-28-34-68-35-29-65/h12-27,38-40H,8-11,28-37,41-43H2,1-7H3. The third kappa shape index (κ3) is 8.80. The minimum Gasteiger partial charge on any atom is -0.497 e. The van der Waals surface area contributed by atoms with E-state index in [4.69, 9.17) is 28.4 Å². The minimum absolute atomic E-state index is 0.0621. The fourth-order valence-corrected chi connectivity index (χ4v) is 13.5.